The minimum absolute atomic E-state index is 0.0279. The highest BCUT2D eigenvalue weighted by Crippen LogP contribution is 2.29. The number of hydrogen-bond donors (Lipinski definition) is 3. The van der Waals surface area contributed by atoms with Gasteiger partial charge in [0.15, 0.2) is 6.61 Å². The van der Waals surface area contributed by atoms with Gasteiger partial charge in [0.1, 0.15) is 11.6 Å². The Morgan fingerprint density at radius 1 is 0.971 bits per heavy atom. The molecule has 0 radical (unpaired) electrons. The first kappa shape index (κ1) is 26.1. The van der Waals surface area contributed by atoms with Gasteiger partial charge in [0.05, 0.1) is 27.6 Å². The average Bonchev–Trinajstić information content (AvgIpc) is 2.82. The van der Waals surface area contributed by atoms with E-state index in [4.69, 9.17) is 27.9 Å². The van der Waals surface area contributed by atoms with E-state index in [1.54, 1.807) is 36.4 Å². The first-order chi connectivity index (χ1) is 16.7. The lowest BCUT2D eigenvalue weighted by molar-refractivity contribution is -0.136. The van der Waals surface area contributed by atoms with Gasteiger partial charge < -0.3 is 15.4 Å². The highest BCUT2D eigenvalue weighted by Gasteiger charge is 2.15. The van der Waals surface area contributed by atoms with Crippen molar-refractivity contribution >= 4 is 74.4 Å². The molecule has 3 amide bonds. The van der Waals surface area contributed by atoms with Crippen molar-refractivity contribution in [1.82, 2.24) is 5.43 Å². The minimum Gasteiger partial charge on any atom is -0.484 e. The number of nitrogens with one attached hydrogen (secondary N) is 3. The number of amides is 3. The molecule has 0 fully saturated rings. The molecular weight excluding hydrogens is 566 g/mol. The fourth-order valence-corrected chi connectivity index (χ4v) is 3.29. The van der Waals surface area contributed by atoms with Crippen LogP contribution in [0.2, 0.25) is 10.0 Å². The number of nitrogens with zero attached hydrogens (tertiary/aromatic N) is 1. The normalized spacial score (nSPS) is 10.6. The quantitative estimate of drug-likeness (QED) is 0.207. The minimum atomic E-state index is -1.03. The van der Waals surface area contributed by atoms with Crippen molar-refractivity contribution in [1.29, 1.82) is 0 Å². The van der Waals surface area contributed by atoms with E-state index in [9.17, 15) is 18.8 Å². The van der Waals surface area contributed by atoms with Crippen LogP contribution in [-0.4, -0.2) is 30.5 Å². The Bertz CT molecular complexity index is 1310. The summed E-state index contributed by atoms with van der Waals surface area (Å²) in [5.74, 6) is -2.82. The predicted molar refractivity (Wildman–Crippen MR) is 135 cm³/mol. The standard InChI is InChI=1S/C23H16BrCl2FN4O4/c24-14-7-8-18(17(27)10-14)29-20(32)12-35-15-4-1-3-13(9-15)11-28-31-23(34)22(33)30-19-6-2-5-16(25)21(19)26/h1-11H,12H2,(H,29,32)(H,30,33)(H,31,34)/b28-11-. The van der Waals surface area contributed by atoms with Crippen LogP contribution in [0.1, 0.15) is 5.56 Å². The highest BCUT2D eigenvalue weighted by molar-refractivity contribution is 9.10. The van der Waals surface area contributed by atoms with Gasteiger partial charge in [-0.05, 0) is 48.0 Å². The summed E-state index contributed by atoms with van der Waals surface area (Å²) in [6.07, 6.45) is 1.28. The van der Waals surface area contributed by atoms with Crippen molar-refractivity contribution in [3.8, 4) is 5.75 Å². The highest BCUT2D eigenvalue weighted by atomic mass is 79.9. The maximum Gasteiger partial charge on any atom is 0.329 e. The van der Waals surface area contributed by atoms with Crippen LogP contribution in [0.15, 0.2) is 70.2 Å². The van der Waals surface area contributed by atoms with Gasteiger partial charge >= 0.3 is 11.8 Å². The molecule has 0 atom stereocenters. The van der Waals surface area contributed by atoms with Crippen molar-refractivity contribution in [3.63, 3.8) is 0 Å². The molecule has 0 bridgehead atoms. The summed E-state index contributed by atoms with van der Waals surface area (Å²) in [6, 6.07) is 15.3. The number of halogens is 4. The SMILES string of the molecule is O=C(COc1cccc(/C=N\NC(=O)C(=O)Nc2cccc(Cl)c2Cl)c1)Nc1ccc(Br)cc1F. The monoisotopic (exact) mass is 580 g/mol. The first-order valence-electron chi connectivity index (χ1n) is 9.79. The van der Waals surface area contributed by atoms with Gasteiger partial charge in [0.2, 0.25) is 0 Å². The van der Waals surface area contributed by atoms with Crippen LogP contribution in [0.4, 0.5) is 15.8 Å². The van der Waals surface area contributed by atoms with Gasteiger partial charge in [0.25, 0.3) is 5.91 Å². The average molecular weight is 582 g/mol. The molecule has 3 aromatic rings. The molecule has 0 aliphatic rings. The van der Waals surface area contributed by atoms with E-state index in [1.807, 2.05) is 0 Å². The van der Waals surface area contributed by atoms with Gasteiger partial charge in [-0.3, -0.25) is 14.4 Å². The van der Waals surface area contributed by atoms with Crippen molar-refractivity contribution in [2.75, 3.05) is 17.2 Å². The Labute approximate surface area is 217 Å². The molecule has 8 nitrogen and oxygen atoms in total. The van der Waals surface area contributed by atoms with Gasteiger partial charge in [-0.15, -0.1) is 0 Å². The second-order valence-corrected chi connectivity index (χ2v) is 8.49. The van der Waals surface area contributed by atoms with E-state index in [2.05, 4.69) is 37.1 Å². The fourth-order valence-electron chi connectivity index (χ4n) is 2.61. The molecule has 0 saturated heterocycles. The second kappa shape index (κ2) is 12.3. The summed E-state index contributed by atoms with van der Waals surface area (Å²) in [4.78, 5) is 36.0. The third-order valence-corrected chi connectivity index (χ3v) is 5.53. The molecule has 0 saturated carbocycles. The molecule has 0 heterocycles. The van der Waals surface area contributed by atoms with Crippen LogP contribution >= 0.6 is 39.1 Å². The van der Waals surface area contributed by atoms with Crippen LogP contribution in [-0.2, 0) is 14.4 Å². The zero-order valence-electron chi connectivity index (χ0n) is 17.7. The molecule has 0 spiro atoms. The summed E-state index contributed by atoms with van der Waals surface area (Å²) in [5, 5.41) is 8.81. The molecule has 3 aromatic carbocycles. The summed E-state index contributed by atoms with van der Waals surface area (Å²) < 4.78 is 19.8. The third-order valence-electron chi connectivity index (χ3n) is 4.22. The van der Waals surface area contributed by atoms with Crippen molar-refractivity contribution < 1.29 is 23.5 Å². The number of anilines is 2. The summed E-state index contributed by atoms with van der Waals surface area (Å²) in [6.45, 7) is -0.362. The first-order valence-corrected chi connectivity index (χ1v) is 11.3. The number of carbonyl (C=O) groups excluding carboxylic acids is 3. The molecule has 3 N–H and O–H groups in total. The Morgan fingerprint density at radius 3 is 2.51 bits per heavy atom. The van der Waals surface area contributed by atoms with Gasteiger partial charge in [-0.25, -0.2) is 9.82 Å². The van der Waals surface area contributed by atoms with Crippen molar-refractivity contribution in [2.45, 2.75) is 0 Å². The van der Waals surface area contributed by atoms with Crippen LogP contribution in [0.3, 0.4) is 0 Å². The number of hydrazone groups is 1. The summed E-state index contributed by atoms with van der Waals surface area (Å²) >= 11 is 15.0. The Hall–Kier alpha value is -3.47. The van der Waals surface area contributed by atoms with Gasteiger partial charge in [-0.1, -0.05) is 57.3 Å². The number of ether oxygens (including phenoxy) is 1. The van der Waals surface area contributed by atoms with Crippen molar-refractivity contribution in [2.24, 2.45) is 5.10 Å². The lowest BCUT2D eigenvalue weighted by Crippen LogP contribution is -2.32. The maximum atomic E-state index is 13.8. The Morgan fingerprint density at radius 2 is 1.74 bits per heavy atom. The summed E-state index contributed by atoms with van der Waals surface area (Å²) in [7, 11) is 0. The van der Waals surface area contributed by atoms with E-state index >= 15 is 0 Å². The number of benzene rings is 3. The number of carbonyl (C=O) groups is 3. The number of hydrogen-bond acceptors (Lipinski definition) is 5. The molecule has 12 heteroatoms. The third kappa shape index (κ3) is 7.78. The van der Waals surface area contributed by atoms with Crippen molar-refractivity contribution in [3.05, 3.63) is 86.6 Å². The van der Waals surface area contributed by atoms with Gasteiger partial charge in [0, 0.05) is 4.47 Å². The van der Waals surface area contributed by atoms with Crippen LogP contribution < -0.4 is 20.8 Å². The summed E-state index contributed by atoms with van der Waals surface area (Å²) in [5.41, 5.74) is 2.81. The van der Waals surface area contributed by atoms with Gasteiger partial charge in [-0.2, -0.15) is 5.10 Å². The van der Waals surface area contributed by atoms with E-state index < -0.39 is 23.5 Å². The molecule has 0 aromatic heterocycles. The zero-order valence-corrected chi connectivity index (χ0v) is 20.7. The Kier molecular flexibility index (Phi) is 9.18. The fraction of sp³-hybridized carbons (Fsp3) is 0.0435. The topological polar surface area (TPSA) is 109 Å². The van der Waals surface area contributed by atoms with Crippen LogP contribution in [0.25, 0.3) is 0 Å². The largest absolute Gasteiger partial charge is 0.484 e. The molecule has 3 rings (SSSR count). The number of rotatable bonds is 7. The Balaban J connectivity index is 1.50. The lowest BCUT2D eigenvalue weighted by Gasteiger charge is -2.09. The van der Waals surface area contributed by atoms with Crippen LogP contribution in [0, 0.1) is 5.82 Å². The molecule has 0 aliphatic heterocycles. The molecule has 35 heavy (non-hydrogen) atoms. The van der Waals surface area contributed by atoms with E-state index in [-0.39, 0.29) is 28.0 Å². The molecule has 0 aliphatic carbocycles. The molecular formula is C23H16BrCl2FN4O4. The van der Waals surface area contributed by atoms with Crippen LogP contribution in [0.5, 0.6) is 5.75 Å². The molecule has 180 valence electrons. The maximum absolute atomic E-state index is 13.8. The van der Waals surface area contributed by atoms with E-state index in [0.717, 1.165) is 0 Å². The smallest absolute Gasteiger partial charge is 0.329 e. The second-order valence-electron chi connectivity index (χ2n) is 6.79. The van der Waals surface area contributed by atoms with E-state index in [1.165, 1.54) is 30.5 Å². The predicted octanol–water partition coefficient (Wildman–Crippen LogP) is 5.00. The van der Waals surface area contributed by atoms with E-state index in [0.29, 0.717) is 15.8 Å². The lowest BCUT2D eigenvalue weighted by atomic mass is 10.2. The molecule has 0 unspecified atom stereocenters. The zero-order chi connectivity index (χ0) is 25.4.